The van der Waals surface area contributed by atoms with E-state index in [2.05, 4.69) is 9.97 Å². The Bertz CT molecular complexity index is 963. The summed E-state index contributed by atoms with van der Waals surface area (Å²) in [5.41, 5.74) is 4.70. The number of benzene rings is 1. The first-order valence-corrected chi connectivity index (χ1v) is 6.61. The molecule has 0 radical (unpaired) electrons. The molecule has 0 fully saturated rings. The highest BCUT2D eigenvalue weighted by Crippen LogP contribution is 2.30. The normalized spacial score (nSPS) is 11.8. The highest BCUT2D eigenvalue weighted by molar-refractivity contribution is 5.86. The second-order valence-corrected chi connectivity index (χ2v) is 4.97. The van der Waals surface area contributed by atoms with Gasteiger partial charge in [0.15, 0.2) is 5.65 Å². The Morgan fingerprint density at radius 1 is 1.09 bits per heavy atom. The van der Waals surface area contributed by atoms with Gasteiger partial charge in [-0.15, -0.1) is 0 Å². The average molecular weight is 320 g/mol. The third kappa shape index (κ3) is 2.52. The molecular weight excluding hydrogens is 309 g/mol. The van der Waals surface area contributed by atoms with Crippen LogP contribution in [0.15, 0.2) is 41.2 Å². The first-order valence-electron chi connectivity index (χ1n) is 6.61. The van der Waals surface area contributed by atoms with Gasteiger partial charge in [0.2, 0.25) is 0 Å². The molecule has 0 aliphatic carbocycles. The van der Waals surface area contributed by atoms with Crippen LogP contribution in [0.2, 0.25) is 0 Å². The average Bonchev–Trinajstić information content (AvgIpc) is 2.47. The quantitative estimate of drug-likeness (QED) is 0.748. The summed E-state index contributed by atoms with van der Waals surface area (Å²) in [5.74, 6) is -0.156. The molecule has 2 aromatic heterocycles. The van der Waals surface area contributed by atoms with Crippen LogP contribution in [0.25, 0.3) is 16.7 Å². The molecule has 2 heterocycles. The predicted octanol–water partition coefficient (Wildman–Crippen LogP) is 2.69. The number of nitrogens with two attached hydrogens (primary N) is 1. The third-order valence-electron chi connectivity index (χ3n) is 3.42. The summed E-state index contributed by atoms with van der Waals surface area (Å²) in [7, 11) is 0. The topological polar surface area (TPSA) is 73.8 Å². The fourth-order valence-electron chi connectivity index (χ4n) is 2.31. The Hall–Kier alpha value is -2.90. The van der Waals surface area contributed by atoms with Crippen LogP contribution >= 0.6 is 0 Å². The molecule has 118 valence electrons. The van der Waals surface area contributed by atoms with E-state index in [0.717, 1.165) is 10.6 Å². The molecule has 2 N–H and O–H groups in total. The zero-order chi connectivity index (χ0) is 16.8. The second-order valence-electron chi connectivity index (χ2n) is 4.97. The summed E-state index contributed by atoms with van der Waals surface area (Å²) in [5, 5.41) is 0.181. The van der Waals surface area contributed by atoms with Crippen molar-refractivity contribution in [3.05, 3.63) is 58.1 Å². The van der Waals surface area contributed by atoms with Crippen LogP contribution in [0.5, 0.6) is 0 Å². The number of aryl methyl sites for hydroxylation is 1. The number of hydrogen-bond acceptors (Lipinski definition) is 4. The van der Waals surface area contributed by atoms with Crippen LogP contribution in [-0.2, 0) is 6.18 Å². The lowest BCUT2D eigenvalue weighted by Gasteiger charge is -2.14. The maximum absolute atomic E-state index is 12.9. The van der Waals surface area contributed by atoms with Crippen molar-refractivity contribution in [3.63, 3.8) is 0 Å². The summed E-state index contributed by atoms with van der Waals surface area (Å²) in [4.78, 5) is 19.5. The van der Waals surface area contributed by atoms with Gasteiger partial charge in [-0.1, -0.05) is 18.2 Å². The van der Waals surface area contributed by atoms with E-state index in [-0.39, 0.29) is 16.9 Å². The zero-order valence-corrected chi connectivity index (χ0v) is 11.9. The number of rotatable bonds is 1. The maximum atomic E-state index is 12.9. The Morgan fingerprint density at radius 3 is 2.43 bits per heavy atom. The Kier molecular flexibility index (Phi) is 3.32. The Labute approximate surface area is 128 Å². The van der Waals surface area contributed by atoms with Crippen molar-refractivity contribution in [2.24, 2.45) is 0 Å². The molecule has 1 aromatic carbocycles. The lowest BCUT2D eigenvalue weighted by molar-refractivity contribution is -0.141. The molecule has 0 spiro atoms. The third-order valence-corrected chi connectivity index (χ3v) is 3.42. The zero-order valence-electron chi connectivity index (χ0n) is 11.9. The molecule has 0 atom stereocenters. The molecular formula is C15H11F3N4O. The van der Waals surface area contributed by atoms with Crippen LogP contribution in [0.3, 0.4) is 0 Å². The minimum absolute atomic E-state index is 0.156. The summed E-state index contributed by atoms with van der Waals surface area (Å²) in [6.07, 6.45) is -4.63. The monoisotopic (exact) mass is 320 g/mol. The predicted molar refractivity (Wildman–Crippen MR) is 79.3 cm³/mol. The molecule has 0 unspecified atom stereocenters. The molecule has 0 bridgehead atoms. The second kappa shape index (κ2) is 5.08. The van der Waals surface area contributed by atoms with Gasteiger partial charge in [0.05, 0.1) is 11.1 Å². The van der Waals surface area contributed by atoms with E-state index < -0.39 is 17.6 Å². The van der Waals surface area contributed by atoms with Gasteiger partial charge in [-0.2, -0.15) is 18.2 Å². The van der Waals surface area contributed by atoms with E-state index in [9.17, 15) is 18.0 Å². The highest BCUT2D eigenvalue weighted by atomic mass is 19.4. The van der Waals surface area contributed by atoms with Gasteiger partial charge in [0.1, 0.15) is 11.5 Å². The minimum Gasteiger partial charge on any atom is -0.383 e. The van der Waals surface area contributed by atoms with E-state index in [1.807, 2.05) is 0 Å². The van der Waals surface area contributed by atoms with Crippen molar-refractivity contribution < 1.29 is 13.2 Å². The Balaban J connectivity index is 2.46. The summed E-state index contributed by atoms with van der Waals surface area (Å²) in [6, 6.07) is 8.75. The van der Waals surface area contributed by atoms with Crippen molar-refractivity contribution in [2.75, 3.05) is 5.73 Å². The van der Waals surface area contributed by atoms with E-state index in [1.165, 1.54) is 6.07 Å². The summed E-state index contributed by atoms with van der Waals surface area (Å²) in [6.45, 7) is 1.73. The SMILES string of the molecule is Cc1ccccc1-n1c(=O)nc(N)c2ccc(C(F)(F)F)nc21. The molecule has 3 aromatic rings. The van der Waals surface area contributed by atoms with E-state index in [4.69, 9.17) is 5.73 Å². The van der Waals surface area contributed by atoms with Crippen LogP contribution in [0.4, 0.5) is 19.0 Å². The van der Waals surface area contributed by atoms with Crippen LogP contribution in [0, 0.1) is 6.92 Å². The van der Waals surface area contributed by atoms with Crippen molar-refractivity contribution in [1.82, 2.24) is 14.5 Å². The van der Waals surface area contributed by atoms with Gasteiger partial charge in [-0.25, -0.2) is 14.3 Å². The first kappa shape index (κ1) is 15.0. The first-order chi connectivity index (χ1) is 10.8. The van der Waals surface area contributed by atoms with Crippen molar-refractivity contribution in [1.29, 1.82) is 0 Å². The number of alkyl halides is 3. The number of anilines is 1. The number of pyridine rings is 1. The number of para-hydroxylation sites is 1. The largest absolute Gasteiger partial charge is 0.433 e. The lowest BCUT2D eigenvalue weighted by atomic mass is 10.2. The van der Waals surface area contributed by atoms with Gasteiger partial charge in [0, 0.05) is 0 Å². The highest BCUT2D eigenvalue weighted by Gasteiger charge is 2.33. The maximum Gasteiger partial charge on any atom is 0.433 e. The van der Waals surface area contributed by atoms with Crippen molar-refractivity contribution >= 4 is 16.9 Å². The molecule has 0 saturated heterocycles. The minimum atomic E-state index is -4.63. The molecule has 0 amide bonds. The number of fused-ring (bicyclic) bond motifs is 1. The number of hydrogen-bond donors (Lipinski definition) is 1. The molecule has 0 aliphatic rings. The van der Waals surface area contributed by atoms with Crippen molar-refractivity contribution in [2.45, 2.75) is 13.1 Å². The molecule has 8 heteroatoms. The standard InChI is InChI=1S/C15H11F3N4O/c1-8-4-2-3-5-10(8)22-13-9(12(19)21-14(22)23)6-7-11(20-13)15(16,17)18/h2-7H,1H3,(H2,19,21,23). The molecule has 0 aliphatic heterocycles. The molecule has 23 heavy (non-hydrogen) atoms. The fourth-order valence-corrected chi connectivity index (χ4v) is 2.31. The smallest absolute Gasteiger partial charge is 0.383 e. The van der Waals surface area contributed by atoms with Crippen LogP contribution in [-0.4, -0.2) is 14.5 Å². The number of nitrogen functional groups attached to an aromatic ring is 1. The van der Waals surface area contributed by atoms with Crippen molar-refractivity contribution in [3.8, 4) is 5.69 Å². The van der Waals surface area contributed by atoms with Crippen LogP contribution in [0.1, 0.15) is 11.3 Å². The number of nitrogens with zero attached hydrogens (tertiary/aromatic N) is 3. The summed E-state index contributed by atoms with van der Waals surface area (Å²) < 4.78 is 39.8. The van der Waals surface area contributed by atoms with Gasteiger partial charge < -0.3 is 5.73 Å². The molecule has 0 saturated carbocycles. The number of aromatic nitrogens is 3. The lowest BCUT2D eigenvalue weighted by Crippen LogP contribution is -2.25. The molecule has 5 nitrogen and oxygen atoms in total. The van der Waals surface area contributed by atoms with Gasteiger partial charge in [-0.3, -0.25) is 0 Å². The fraction of sp³-hybridized carbons (Fsp3) is 0.133. The Morgan fingerprint density at radius 2 is 1.78 bits per heavy atom. The van der Waals surface area contributed by atoms with Gasteiger partial charge >= 0.3 is 11.9 Å². The van der Waals surface area contributed by atoms with Gasteiger partial charge in [0.25, 0.3) is 0 Å². The van der Waals surface area contributed by atoms with Crippen LogP contribution < -0.4 is 11.4 Å². The van der Waals surface area contributed by atoms with E-state index in [1.54, 1.807) is 31.2 Å². The van der Waals surface area contributed by atoms with Gasteiger partial charge in [-0.05, 0) is 30.7 Å². The van der Waals surface area contributed by atoms with E-state index in [0.29, 0.717) is 11.3 Å². The number of halogens is 3. The van der Waals surface area contributed by atoms with E-state index >= 15 is 0 Å². The summed E-state index contributed by atoms with van der Waals surface area (Å²) >= 11 is 0. The molecule has 3 rings (SSSR count).